The van der Waals surface area contributed by atoms with Gasteiger partial charge in [0.1, 0.15) is 6.29 Å². The Morgan fingerprint density at radius 3 is 1.71 bits per heavy atom. The van der Waals surface area contributed by atoms with Crippen LogP contribution in [-0.4, -0.2) is 6.29 Å². The fourth-order valence-electron chi connectivity index (χ4n) is 0.207. The molecule has 0 amide bonds. The van der Waals surface area contributed by atoms with Gasteiger partial charge in [0.25, 0.3) is 0 Å². The fraction of sp³-hybridized carbons (Fsp3) is 0.167. The Morgan fingerprint density at radius 2 is 1.71 bits per heavy atom. The van der Waals surface area contributed by atoms with Gasteiger partial charge in [-0.3, -0.25) is 0 Å². The largest absolute Gasteiger partial charge is 0.302 e. The van der Waals surface area contributed by atoms with E-state index in [-0.39, 0.29) is 5.92 Å². The molecule has 0 aromatic carbocycles. The lowest BCUT2D eigenvalue weighted by molar-refractivity contribution is -0.108. The number of allylic oxidation sites excluding steroid dienone is 2. The van der Waals surface area contributed by atoms with Crippen molar-refractivity contribution in [2.24, 2.45) is 5.92 Å². The average Bonchev–Trinajstić information content (AvgIpc) is 1.72. The molecular weight excluding hydrogens is 88.1 g/mol. The lowest BCUT2D eigenvalue weighted by Crippen LogP contribution is -1.88. The maximum absolute atomic E-state index is 9.82. The van der Waals surface area contributed by atoms with E-state index in [1.165, 1.54) is 0 Å². The Balaban J connectivity index is 3.57. The number of carbonyl (C=O) groups excluding carboxylic acids is 1. The number of rotatable bonds is 3. The number of aldehydes is 1. The Labute approximate surface area is 43.3 Å². The van der Waals surface area contributed by atoms with E-state index in [9.17, 15) is 4.79 Å². The van der Waals surface area contributed by atoms with Gasteiger partial charge in [-0.15, -0.1) is 13.2 Å². The molecule has 0 aliphatic heterocycles. The maximum Gasteiger partial charge on any atom is 0.130 e. The summed E-state index contributed by atoms with van der Waals surface area (Å²) in [6.07, 6.45) is 3.88. The van der Waals surface area contributed by atoms with E-state index in [0.717, 1.165) is 6.29 Å². The molecule has 0 aromatic rings. The van der Waals surface area contributed by atoms with Crippen LogP contribution in [0.1, 0.15) is 0 Å². The van der Waals surface area contributed by atoms with Crippen molar-refractivity contribution in [1.82, 2.24) is 0 Å². The van der Waals surface area contributed by atoms with Crippen LogP contribution in [0.4, 0.5) is 0 Å². The molecule has 7 heavy (non-hydrogen) atoms. The van der Waals surface area contributed by atoms with Gasteiger partial charge in [0.15, 0.2) is 0 Å². The molecule has 0 spiro atoms. The lowest BCUT2D eigenvalue weighted by Gasteiger charge is -1.87. The first-order chi connectivity index (χ1) is 3.35. The second-order valence-corrected chi connectivity index (χ2v) is 1.18. The maximum atomic E-state index is 9.82. The van der Waals surface area contributed by atoms with E-state index in [1.54, 1.807) is 12.2 Å². The molecule has 0 aromatic heterocycles. The van der Waals surface area contributed by atoms with Crippen LogP contribution in [0.2, 0.25) is 0 Å². The summed E-state index contributed by atoms with van der Waals surface area (Å²) in [7, 11) is 0. The normalized spacial score (nSPS) is 8.14. The summed E-state index contributed by atoms with van der Waals surface area (Å²) in [4.78, 5) is 9.82. The van der Waals surface area contributed by atoms with Crippen molar-refractivity contribution in [2.75, 3.05) is 0 Å². The quantitative estimate of drug-likeness (QED) is 0.381. The highest BCUT2D eigenvalue weighted by atomic mass is 16.1. The minimum Gasteiger partial charge on any atom is -0.302 e. The van der Waals surface area contributed by atoms with Crippen molar-refractivity contribution >= 4 is 6.29 Å². The SMILES string of the molecule is C=CC(C=C)C=O. The predicted octanol–water partition coefficient (Wildman–Crippen LogP) is 1.17. The van der Waals surface area contributed by atoms with Crippen LogP contribution < -0.4 is 0 Å². The second-order valence-electron chi connectivity index (χ2n) is 1.18. The summed E-state index contributed by atoms with van der Waals surface area (Å²) in [5, 5.41) is 0. The topological polar surface area (TPSA) is 17.1 Å². The van der Waals surface area contributed by atoms with Gasteiger partial charge in [-0.05, 0) is 0 Å². The molecule has 0 heterocycles. The van der Waals surface area contributed by atoms with Gasteiger partial charge in [0.05, 0.1) is 5.92 Å². The first kappa shape index (κ1) is 6.15. The highest BCUT2D eigenvalue weighted by molar-refractivity contribution is 5.58. The third-order valence-corrected chi connectivity index (χ3v) is 0.701. The van der Waals surface area contributed by atoms with E-state index in [4.69, 9.17) is 0 Å². The van der Waals surface area contributed by atoms with E-state index in [2.05, 4.69) is 13.2 Å². The van der Waals surface area contributed by atoms with Crippen molar-refractivity contribution in [2.45, 2.75) is 0 Å². The molecule has 0 aliphatic rings. The second kappa shape index (κ2) is 3.34. The molecule has 0 saturated carbocycles. The smallest absolute Gasteiger partial charge is 0.130 e. The van der Waals surface area contributed by atoms with E-state index in [0.29, 0.717) is 0 Å². The molecule has 1 nitrogen and oxygen atoms in total. The zero-order chi connectivity index (χ0) is 5.70. The first-order valence-electron chi connectivity index (χ1n) is 2.05. The summed E-state index contributed by atoms with van der Waals surface area (Å²) in [5.41, 5.74) is 0. The average molecular weight is 96.1 g/mol. The van der Waals surface area contributed by atoms with Gasteiger partial charge < -0.3 is 4.79 Å². The zero-order valence-corrected chi connectivity index (χ0v) is 4.13. The van der Waals surface area contributed by atoms with Crippen LogP contribution in [0.25, 0.3) is 0 Å². The summed E-state index contributed by atoms with van der Waals surface area (Å²) in [5.74, 6) is -0.167. The van der Waals surface area contributed by atoms with Gasteiger partial charge in [-0.1, -0.05) is 12.2 Å². The van der Waals surface area contributed by atoms with Crippen molar-refractivity contribution in [1.29, 1.82) is 0 Å². The number of carbonyl (C=O) groups is 1. The van der Waals surface area contributed by atoms with Crippen molar-refractivity contribution in [3.63, 3.8) is 0 Å². The molecule has 0 fully saturated rings. The monoisotopic (exact) mass is 96.1 g/mol. The fourth-order valence-corrected chi connectivity index (χ4v) is 0.207. The van der Waals surface area contributed by atoms with E-state index in [1.807, 2.05) is 0 Å². The molecule has 38 valence electrons. The summed E-state index contributed by atoms with van der Waals surface area (Å²) < 4.78 is 0. The van der Waals surface area contributed by atoms with Crippen molar-refractivity contribution in [3.05, 3.63) is 25.3 Å². The van der Waals surface area contributed by atoms with Crippen LogP contribution in [0.3, 0.4) is 0 Å². The molecule has 0 radical (unpaired) electrons. The van der Waals surface area contributed by atoms with Crippen LogP contribution in [0.15, 0.2) is 25.3 Å². The summed E-state index contributed by atoms with van der Waals surface area (Å²) in [6, 6.07) is 0. The lowest BCUT2D eigenvalue weighted by atomic mass is 10.2. The molecule has 0 bridgehead atoms. The van der Waals surface area contributed by atoms with Crippen molar-refractivity contribution in [3.8, 4) is 0 Å². The van der Waals surface area contributed by atoms with E-state index < -0.39 is 0 Å². The molecular formula is C6H8O. The van der Waals surface area contributed by atoms with Crippen molar-refractivity contribution < 1.29 is 4.79 Å². The Hall–Kier alpha value is -0.850. The Morgan fingerprint density at radius 1 is 1.29 bits per heavy atom. The third-order valence-electron chi connectivity index (χ3n) is 0.701. The third kappa shape index (κ3) is 1.93. The highest BCUT2D eigenvalue weighted by Crippen LogP contribution is 1.90. The van der Waals surface area contributed by atoms with Gasteiger partial charge in [-0.2, -0.15) is 0 Å². The van der Waals surface area contributed by atoms with Gasteiger partial charge in [-0.25, -0.2) is 0 Å². The minimum atomic E-state index is -0.167. The van der Waals surface area contributed by atoms with Crippen LogP contribution in [0.5, 0.6) is 0 Å². The minimum absolute atomic E-state index is 0.167. The van der Waals surface area contributed by atoms with Gasteiger partial charge in [0, 0.05) is 0 Å². The zero-order valence-electron chi connectivity index (χ0n) is 4.13. The van der Waals surface area contributed by atoms with Crippen LogP contribution >= 0.6 is 0 Å². The molecule has 0 aliphatic carbocycles. The van der Waals surface area contributed by atoms with Gasteiger partial charge in [0.2, 0.25) is 0 Å². The first-order valence-corrected chi connectivity index (χ1v) is 2.05. The number of hydrogen-bond acceptors (Lipinski definition) is 1. The molecule has 1 heteroatoms. The number of hydrogen-bond donors (Lipinski definition) is 0. The summed E-state index contributed by atoms with van der Waals surface area (Å²) in [6.45, 7) is 6.80. The summed E-state index contributed by atoms with van der Waals surface area (Å²) >= 11 is 0. The Kier molecular flexibility index (Phi) is 2.94. The predicted molar refractivity (Wildman–Crippen MR) is 29.9 cm³/mol. The molecule has 0 N–H and O–H groups in total. The Bertz CT molecular complexity index is 65.2. The highest BCUT2D eigenvalue weighted by Gasteiger charge is 1.88. The van der Waals surface area contributed by atoms with Crippen LogP contribution in [0, 0.1) is 5.92 Å². The molecule has 0 atom stereocenters. The molecule has 0 saturated heterocycles. The van der Waals surface area contributed by atoms with Crippen LogP contribution in [-0.2, 0) is 4.79 Å². The van der Waals surface area contributed by atoms with E-state index >= 15 is 0 Å². The molecule has 0 unspecified atom stereocenters. The standard InChI is InChI=1S/C6H8O/c1-3-6(4-2)5-7/h3-6H,1-2H2. The molecule has 0 rings (SSSR count). The van der Waals surface area contributed by atoms with Gasteiger partial charge >= 0.3 is 0 Å².